The quantitative estimate of drug-likeness (QED) is 0.144. The highest BCUT2D eigenvalue weighted by atomic mass is 79.9. The largest absolute Gasteiger partial charge is 0.482 e. The van der Waals surface area contributed by atoms with Crippen LogP contribution >= 0.6 is 55.1 Å². The van der Waals surface area contributed by atoms with Gasteiger partial charge in [0.2, 0.25) is 0 Å². The molecule has 0 bridgehead atoms. The predicted octanol–water partition coefficient (Wildman–Crippen LogP) is 10.9. The molecule has 6 aromatic carbocycles. The molecule has 6 aromatic rings. The Hall–Kier alpha value is -4.60. The van der Waals surface area contributed by atoms with Crippen LogP contribution in [0.25, 0.3) is 11.1 Å². The Morgan fingerprint density at radius 3 is 1.33 bits per heavy atom. The Kier molecular flexibility index (Phi) is 10.2. The number of amides is 2. The van der Waals surface area contributed by atoms with E-state index in [1.165, 1.54) is 0 Å². The minimum Gasteiger partial charge on any atom is -0.482 e. The van der Waals surface area contributed by atoms with Crippen molar-refractivity contribution in [1.29, 1.82) is 0 Å². The maximum Gasteiger partial charge on any atom is 0.262 e. The maximum absolute atomic E-state index is 12.8. The van der Waals surface area contributed by atoms with E-state index in [1.54, 1.807) is 36.4 Å². The van der Waals surface area contributed by atoms with Gasteiger partial charge in [-0.1, -0.05) is 128 Å². The number of fused-ring (bicyclic) bond motifs is 3. The molecule has 0 radical (unpaired) electrons. The number of hydrogen-bond donors (Lipinski definition) is 2. The lowest BCUT2D eigenvalue weighted by molar-refractivity contribution is -0.118. The van der Waals surface area contributed by atoms with Crippen molar-refractivity contribution in [2.75, 3.05) is 23.8 Å². The lowest BCUT2D eigenvalue weighted by Gasteiger charge is -2.34. The number of nitrogens with one attached hydrogen (secondary N) is 2. The van der Waals surface area contributed by atoms with Crippen LogP contribution in [0, 0.1) is 0 Å². The van der Waals surface area contributed by atoms with E-state index in [1.807, 2.05) is 48.5 Å². The third-order valence-electron chi connectivity index (χ3n) is 8.66. The van der Waals surface area contributed by atoms with Crippen LogP contribution in [0.4, 0.5) is 11.4 Å². The molecule has 0 spiro atoms. The lowest BCUT2D eigenvalue weighted by Crippen LogP contribution is -2.28. The number of rotatable bonds is 10. The number of carbonyl (C=O) groups excluding carboxylic acids is 2. The van der Waals surface area contributed by atoms with E-state index >= 15 is 0 Å². The number of carbonyl (C=O) groups is 2. The fourth-order valence-electron chi connectivity index (χ4n) is 6.50. The van der Waals surface area contributed by atoms with Crippen LogP contribution in [-0.2, 0) is 15.0 Å². The second kappa shape index (κ2) is 14.9. The van der Waals surface area contributed by atoms with Gasteiger partial charge < -0.3 is 20.1 Å². The summed E-state index contributed by atoms with van der Waals surface area (Å²) in [5.74, 6) is 0.234. The van der Waals surface area contributed by atoms with Crippen molar-refractivity contribution in [2.45, 2.75) is 5.41 Å². The Balaban J connectivity index is 1.15. The van der Waals surface area contributed by atoms with Gasteiger partial charge in [0.1, 0.15) is 11.5 Å². The monoisotopic (exact) mass is 840 g/mol. The summed E-state index contributed by atoms with van der Waals surface area (Å²) in [7, 11) is 0. The van der Waals surface area contributed by atoms with E-state index in [0.717, 1.165) is 42.3 Å². The molecule has 0 aromatic heterocycles. The zero-order valence-corrected chi connectivity index (χ0v) is 31.4. The van der Waals surface area contributed by atoms with Crippen molar-refractivity contribution in [3.8, 4) is 22.6 Å². The zero-order chi connectivity index (χ0) is 35.5. The van der Waals surface area contributed by atoms with E-state index in [9.17, 15) is 9.59 Å². The Morgan fingerprint density at radius 2 is 0.941 bits per heavy atom. The molecule has 51 heavy (non-hydrogen) atoms. The minimum atomic E-state index is -0.666. The van der Waals surface area contributed by atoms with Gasteiger partial charge in [-0.3, -0.25) is 9.59 Å². The van der Waals surface area contributed by atoms with Gasteiger partial charge in [0.25, 0.3) is 11.8 Å². The molecule has 2 amide bonds. The molecule has 1 aliphatic rings. The highest BCUT2D eigenvalue weighted by Crippen LogP contribution is 2.56. The fourth-order valence-corrected chi connectivity index (χ4v) is 7.95. The van der Waals surface area contributed by atoms with Crippen LogP contribution in [0.5, 0.6) is 11.5 Å². The van der Waals surface area contributed by atoms with Crippen molar-refractivity contribution in [3.05, 3.63) is 175 Å². The molecule has 254 valence electrons. The summed E-state index contributed by atoms with van der Waals surface area (Å²) >= 11 is 19.2. The Bertz CT molecular complexity index is 2100. The second-order valence-corrected chi connectivity index (χ2v) is 14.5. The average Bonchev–Trinajstić information content (AvgIpc) is 3.43. The first-order valence-corrected chi connectivity index (χ1v) is 18.2. The first-order valence-electron chi connectivity index (χ1n) is 15.9. The fraction of sp³-hybridized carbons (Fsp3) is 0.0732. The van der Waals surface area contributed by atoms with Crippen LogP contribution in [0.3, 0.4) is 0 Å². The zero-order valence-electron chi connectivity index (χ0n) is 26.8. The Morgan fingerprint density at radius 1 is 0.549 bits per heavy atom. The molecular formula is C41H28Br2Cl2N2O4. The van der Waals surface area contributed by atoms with E-state index < -0.39 is 5.41 Å². The van der Waals surface area contributed by atoms with Gasteiger partial charge in [-0.25, -0.2) is 0 Å². The van der Waals surface area contributed by atoms with Crippen molar-refractivity contribution < 1.29 is 19.1 Å². The number of halogens is 4. The normalized spacial score (nSPS) is 12.4. The molecule has 0 fully saturated rings. The Labute approximate surface area is 322 Å². The van der Waals surface area contributed by atoms with Crippen molar-refractivity contribution >= 4 is 78.3 Å². The van der Waals surface area contributed by atoms with Crippen molar-refractivity contribution in [3.63, 3.8) is 0 Å². The molecule has 7 rings (SSSR count). The van der Waals surface area contributed by atoms with Crippen molar-refractivity contribution in [2.24, 2.45) is 0 Å². The number of ether oxygens (including phenoxy) is 2. The van der Waals surface area contributed by atoms with Crippen LogP contribution in [0.15, 0.2) is 142 Å². The number of hydrogen-bond acceptors (Lipinski definition) is 4. The van der Waals surface area contributed by atoms with E-state index in [-0.39, 0.29) is 25.0 Å². The van der Waals surface area contributed by atoms with Gasteiger partial charge >= 0.3 is 0 Å². The van der Waals surface area contributed by atoms with E-state index in [4.69, 9.17) is 32.7 Å². The number of benzene rings is 6. The third-order valence-corrected chi connectivity index (χ3v) is 10.2. The summed E-state index contributed by atoms with van der Waals surface area (Å²) in [6.07, 6.45) is 0. The smallest absolute Gasteiger partial charge is 0.262 e. The molecular weight excluding hydrogens is 815 g/mol. The maximum atomic E-state index is 12.8. The molecule has 0 saturated heterocycles. The first-order chi connectivity index (χ1) is 24.7. The van der Waals surface area contributed by atoms with Gasteiger partial charge in [0.15, 0.2) is 13.2 Å². The van der Waals surface area contributed by atoms with E-state index in [2.05, 4.69) is 91.0 Å². The summed E-state index contributed by atoms with van der Waals surface area (Å²) in [5.41, 5.74) is 7.22. The molecule has 0 heterocycles. The molecule has 10 heteroatoms. The second-order valence-electron chi connectivity index (χ2n) is 11.8. The summed E-state index contributed by atoms with van der Waals surface area (Å²) in [4.78, 5) is 25.7. The van der Waals surface area contributed by atoms with Gasteiger partial charge in [0, 0.05) is 20.3 Å². The SMILES string of the molecule is O=C(COc1ccc(Br)cc1Cl)Nc1ccc(C2(c3ccc(NC(=O)COc4ccc(Br)cc4Cl)cc3)c3ccccc3-c3ccccc32)cc1. The summed E-state index contributed by atoms with van der Waals surface area (Å²) in [6, 6.07) is 43.0. The van der Waals surface area contributed by atoms with Crippen molar-refractivity contribution in [1.82, 2.24) is 0 Å². The molecule has 0 unspecified atom stereocenters. The van der Waals surface area contributed by atoms with Gasteiger partial charge in [-0.2, -0.15) is 0 Å². The highest BCUT2D eigenvalue weighted by molar-refractivity contribution is 9.10. The molecule has 6 nitrogen and oxygen atoms in total. The summed E-state index contributed by atoms with van der Waals surface area (Å²) in [6.45, 7) is -0.387. The first kappa shape index (κ1) is 34.8. The third kappa shape index (κ3) is 7.14. The van der Waals surface area contributed by atoms with Crippen LogP contribution in [0.1, 0.15) is 22.3 Å². The molecule has 2 N–H and O–H groups in total. The molecule has 0 atom stereocenters. The standard InChI is InChI=1S/C41H28Br2Cl2N2O4/c42-27-13-19-37(35(44)21-27)50-23-39(48)46-29-15-9-25(10-16-29)41(33-7-3-1-5-31(33)32-6-2-4-8-34(32)41)26-11-17-30(18-12-26)47-40(49)24-51-38-20-14-28(43)22-36(38)45/h1-22H,23-24H2,(H,46,48)(H,47,49). The minimum absolute atomic E-state index is 0.194. The predicted molar refractivity (Wildman–Crippen MR) is 210 cm³/mol. The van der Waals surface area contributed by atoms with Crippen LogP contribution in [0.2, 0.25) is 10.0 Å². The highest BCUT2D eigenvalue weighted by Gasteiger charge is 2.45. The lowest BCUT2D eigenvalue weighted by atomic mass is 9.67. The van der Waals surface area contributed by atoms with Gasteiger partial charge in [0.05, 0.1) is 15.5 Å². The van der Waals surface area contributed by atoms with Gasteiger partial charge in [-0.05, 0) is 94.0 Å². The summed E-state index contributed by atoms with van der Waals surface area (Å²) in [5, 5.41) is 6.68. The van der Waals surface area contributed by atoms with Crippen LogP contribution < -0.4 is 20.1 Å². The summed E-state index contributed by atoms with van der Waals surface area (Å²) < 4.78 is 13.0. The van der Waals surface area contributed by atoms with E-state index in [0.29, 0.717) is 32.9 Å². The van der Waals surface area contributed by atoms with Crippen LogP contribution in [-0.4, -0.2) is 25.0 Å². The van der Waals surface area contributed by atoms with Gasteiger partial charge in [-0.15, -0.1) is 0 Å². The molecule has 0 aliphatic heterocycles. The molecule has 0 saturated carbocycles. The average molecular weight is 843 g/mol. The topological polar surface area (TPSA) is 76.7 Å². The molecule has 1 aliphatic carbocycles. The number of anilines is 2.